The number of amides is 4. The molecule has 3 aliphatic rings. The van der Waals surface area contributed by atoms with Gasteiger partial charge in [-0.05, 0) is 55.2 Å². The van der Waals surface area contributed by atoms with E-state index < -0.39 is 11.6 Å². The van der Waals surface area contributed by atoms with Crippen LogP contribution in [0.5, 0.6) is 0 Å². The summed E-state index contributed by atoms with van der Waals surface area (Å²) in [5, 5.41) is 5.02. The highest BCUT2D eigenvalue weighted by Crippen LogP contribution is 2.26. The largest absolute Gasteiger partial charge is 0.342 e. The molecule has 6 heteroatoms. The Morgan fingerprint density at radius 2 is 1.80 bits per heavy atom. The van der Waals surface area contributed by atoms with Crippen LogP contribution >= 0.6 is 0 Å². The van der Waals surface area contributed by atoms with Crippen LogP contribution in [0, 0.1) is 0 Å². The van der Waals surface area contributed by atoms with E-state index in [0.29, 0.717) is 32.4 Å². The summed E-state index contributed by atoms with van der Waals surface area (Å²) in [6, 6.07) is 5.99. The first-order valence-corrected chi connectivity index (χ1v) is 9.08. The highest BCUT2D eigenvalue weighted by molar-refractivity contribution is 6.07. The van der Waals surface area contributed by atoms with Gasteiger partial charge in [-0.1, -0.05) is 18.2 Å². The van der Waals surface area contributed by atoms with Crippen LogP contribution in [-0.2, 0) is 28.9 Å². The number of imide groups is 1. The van der Waals surface area contributed by atoms with Gasteiger partial charge in [-0.3, -0.25) is 14.9 Å². The molecule has 0 bridgehead atoms. The van der Waals surface area contributed by atoms with Crippen LogP contribution in [0.4, 0.5) is 4.79 Å². The number of benzene rings is 1. The zero-order chi connectivity index (χ0) is 17.4. The minimum absolute atomic E-state index is 0.0929. The van der Waals surface area contributed by atoms with Crippen molar-refractivity contribution in [3.05, 3.63) is 34.9 Å². The summed E-state index contributed by atoms with van der Waals surface area (Å²) in [4.78, 5) is 37.8. The van der Waals surface area contributed by atoms with Gasteiger partial charge in [-0.25, -0.2) is 4.79 Å². The van der Waals surface area contributed by atoms with Crippen LogP contribution in [0.2, 0.25) is 0 Å². The molecule has 1 spiro atoms. The van der Waals surface area contributed by atoms with Crippen LogP contribution in [-0.4, -0.2) is 41.4 Å². The smallest absolute Gasteiger partial charge is 0.322 e. The fourth-order valence-electron chi connectivity index (χ4n) is 4.20. The molecule has 4 rings (SSSR count). The lowest BCUT2D eigenvalue weighted by atomic mass is 9.87. The van der Waals surface area contributed by atoms with Crippen LogP contribution in [0.15, 0.2) is 18.2 Å². The third-order valence-electron chi connectivity index (χ3n) is 5.75. The van der Waals surface area contributed by atoms with Gasteiger partial charge in [0.2, 0.25) is 5.91 Å². The molecule has 2 heterocycles. The van der Waals surface area contributed by atoms with E-state index in [1.807, 2.05) is 4.90 Å². The first-order chi connectivity index (χ1) is 12.1. The molecule has 132 valence electrons. The highest BCUT2D eigenvalue weighted by atomic mass is 16.2. The number of aryl methyl sites for hydroxylation is 2. The third kappa shape index (κ3) is 3.01. The lowest BCUT2D eigenvalue weighted by molar-refractivity contribution is -0.135. The van der Waals surface area contributed by atoms with Crippen molar-refractivity contribution in [1.82, 2.24) is 15.5 Å². The number of hydrogen-bond donors (Lipinski definition) is 2. The molecule has 2 saturated heterocycles. The van der Waals surface area contributed by atoms with Gasteiger partial charge in [0.15, 0.2) is 0 Å². The molecule has 2 N–H and O–H groups in total. The normalized spacial score (nSPS) is 21.7. The van der Waals surface area contributed by atoms with Crippen molar-refractivity contribution in [3.63, 3.8) is 0 Å². The van der Waals surface area contributed by atoms with Crippen molar-refractivity contribution in [2.75, 3.05) is 13.1 Å². The predicted octanol–water partition coefficient (Wildman–Crippen LogP) is 1.31. The van der Waals surface area contributed by atoms with Crippen LogP contribution in [0.1, 0.15) is 42.4 Å². The number of fused-ring (bicyclic) bond motifs is 1. The van der Waals surface area contributed by atoms with E-state index in [-0.39, 0.29) is 11.8 Å². The van der Waals surface area contributed by atoms with Gasteiger partial charge in [0.1, 0.15) is 5.54 Å². The Morgan fingerprint density at radius 3 is 2.48 bits per heavy atom. The second-order valence-electron chi connectivity index (χ2n) is 7.36. The molecule has 2 aliphatic heterocycles. The summed E-state index contributed by atoms with van der Waals surface area (Å²) in [6.07, 6.45) is 6.08. The van der Waals surface area contributed by atoms with Gasteiger partial charge in [-0.15, -0.1) is 0 Å². The van der Waals surface area contributed by atoms with E-state index in [9.17, 15) is 14.4 Å². The molecular weight excluding hydrogens is 318 g/mol. The van der Waals surface area contributed by atoms with Gasteiger partial charge >= 0.3 is 6.03 Å². The molecule has 4 amide bonds. The molecule has 0 saturated carbocycles. The number of piperidine rings is 1. The topological polar surface area (TPSA) is 78.5 Å². The molecule has 1 aliphatic carbocycles. The van der Waals surface area contributed by atoms with E-state index in [2.05, 4.69) is 28.8 Å². The van der Waals surface area contributed by atoms with E-state index in [0.717, 1.165) is 18.4 Å². The molecule has 0 radical (unpaired) electrons. The van der Waals surface area contributed by atoms with Crippen molar-refractivity contribution < 1.29 is 14.4 Å². The molecule has 0 aromatic heterocycles. The number of rotatable bonds is 2. The number of likely N-dealkylation sites (tertiary alicyclic amines) is 1. The highest BCUT2D eigenvalue weighted by Gasteiger charge is 2.48. The standard InChI is InChI=1S/C19H23N3O3/c23-16(12-13-5-6-14-3-1-2-4-15(14)11-13)22-9-7-19(8-10-22)17(24)20-18(25)21-19/h5-6,11H,1-4,7-10,12H2,(H2,20,21,24,25). The van der Waals surface area contributed by atoms with Crippen LogP contribution in [0.25, 0.3) is 0 Å². The Morgan fingerprint density at radius 1 is 1.08 bits per heavy atom. The zero-order valence-corrected chi connectivity index (χ0v) is 14.3. The van der Waals surface area contributed by atoms with Crippen LogP contribution in [0.3, 0.4) is 0 Å². The monoisotopic (exact) mass is 341 g/mol. The molecule has 25 heavy (non-hydrogen) atoms. The quantitative estimate of drug-likeness (QED) is 0.796. The van der Waals surface area contributed by atoms with Gasteiger partial charge in [-0.2, -0.15) is 0 Å². The van der Waals surface area contributed by atoms with Crippen molar-refractivity contribution in [3.8, 4) is 0 Å². The molecule has 6 nitrogen and oxygen atoms in total. The van der Waals surface area contributed by atoms with Gasteiger partial charge in [0, 0.05) is 13.1 Å². The maximum atomic E-state index is 12.6. The average molecular weight is 341 g/mol. The van der Waals surface area contributed by atoms with Gasteiger partial charge in [0.05, 0.1) is 6.42 Å². The molecule has 1 aromatic carbocycles. The van der Waals surface area contributed by atoms with E-state index in [4.69, 9.17) is 0 Å². The maximum Gasteiger partial charge on any atom is 0.322 e. The molecule has 2 fully saturated rings. The van der Waals surface area contributed by atoms with Crippen molar-refractivity contribution in [2.24, 2.45) is 0 Å². The summed E-state index contributed by atoms with van der Waals surface area (Å²) in [5.41, 5.74) is 3.06. The fraction of sp³-hybridized carbons (Fsp3) is 0.526. The van der Waals surface area contributed by atoms with Gasteiger partial charge in [0.25, 0.3) is 5.91 Å². The minimum atomic E-state index is -0.820. The molecule has 0 unspecified atom stereocenters. The summed E-state index contributed by atoms with van der Waals surface area (Å²) in [7, 11) is 0. The Hall–Kier alpha value is -2.37. The predicted molar refractivity (Wildman–Crippen MR) is 92.0 cm³/mol. The average Bonchev–Trinajstić information content (AvgIpc) is 2.88. The Kier molecular flexibility index (Phi) is 3.98. The first-order valence-electron chi connectivity index (χ1n) is 9.08. The van der Waals surface area contributed by atoms with E-state index in [1.54, 1.807) is 0 Å². The molecule has 0 atom stereocenters. The van der Waals surface area contributed by atoms with Crippen molar-refractivity contribution >= 4 is 17.8 Å². The second-order valence-corrected chi connectivity index (χ2v) is 7.36. The second kappa shape index (κ2) is 6.17. The number of urea groups is 1. The Balaban J connectivity index is 1.38. The first kappa shape index (κ1) is 16.1. The summed E-state index contributed by atoms with van der Waals surface area (Å²) < 4.78 is 0. The zero-order valence-electron chi connectivity index (χ0n) is 14.3. The number of carbonyl (C=O) groups is 3. The minimum Gasteiger partial charge on any atom is -0.342 e. The van der Waals surface area contributed by atoms with Gasteiger partial charge < -0.3 is 10.2 Å². The lowest BCUT2D eigenvalue weighted by Crippen LogP contribution is -2.55. The number of nitrogens with zero attached hydrogens (tertiary/aromatic N) is 1. The lowest BCUT2D eigenvalue weighted by Gasteiger charge is -2.37. The third-order valence-corrected chi connectivity index (χ3v) is 5.75. The Labute approximate surface area is 147 Å². The van der Waals surface area contributed by atoms with E-state index in [1.165, 1.54) is 24.0 Å². The fourth-order valence-corrected chi connectivity index (χ4v) is 4.20. The summed E-state index contributed by atoms with van der Waals surface area (Å²) in [6.45, 7) is 0.995. The van der Waals surface area contributed by atoms with Crippen LogP contribution < -0.4 is 10.6 Å². The van der Waals surface area contributed by atoms with E-state index >= 15 is 0 Å². The summed E-state index contributed by atoms with van der Waals surface area (Å²) >= 11 is 0. The Bertz CT molecular complexity index is 735. The van der Waals surface area contributed by atoms with Crippen molar-refractivity contribution in [1.29, 1.82) is 0 Å². The number of carbonyl (C=O) groups excluding carboxylic acids is 3. The maximum absolute atomic E-state index is 12.6. The number of nitrogens with one attached hydrogen (secondary N) is 2. The SMILES string of the molecule is O=C1NC(=O)C2(CCN(C(=O)Cc3ccc4c(c3)CCCC4)CC2)N1. The number of hydrogen-bond acceptors (Lipinski definition) is 3. The molecule has 1 aromatic rings. The molecular formula is C19H23N3O3. The summed E-state index contributed by atoms with van der Waals surface area (Å²) in [5.74, 6) is -0.172. The van der Waals surface area contributed by atoms with Crippen molar-refractivity contribution in [2.45, 2.75) is 50.5 Å².